The number of nitrogens with two attached hydrogens (primary N) is 1. The third-order valence-electron chi connectivity index (χ3n) is 2.70. The van der Waals surface area contributed by atoms with Crippen molar-refractivity contribution in [2.45, 2.75) is 35.8 Å². The molecule has 0 amide bonds. The Kier molecular flexibility index (Phi) is 5.01. The van der Waals surface area contributed by atoms with Gasteiger partial charge in [-0.1, -0.05) is 0 Å². The maximum Gasteiger partial charge on any atom is 0.318 e. The second kappa shape index (κ2) is 5.82. The van der Waals surface area contributed by atoms with Gasteiger partial charge in [-0.25, -0.2) is 22.0 Å². The Labute approximate surface area is 126 Å². The Hall–Kier alpha value is -1.12. The van der Waals surface area contributed by atoms with Crippen LogP contribution in [0.5, 0.6) is 0 Å². The number of nitrogens with one attached hydrogen (secondary N) is 1. The molecule has 126 valence electrons. The van der Waals surface area contributed by atoms with E-state index in [9.17, 15) is 21.9 Å². The lowest BCUT2D eigenvalue weighted by Crippen LogP contribution is -2.52. The van der Waals surface area contributed by atoms with Gasteiger partial charge in [0.05, 0.1) is 9.79 Å². The van der Waals surface area contributed by atoms with Crippen molar-refractivity contribution < 1.29 is 37.3 Å². The highest BCUT2D eigenvalue weighted by Gasteiger charge is 2.35. The molecule has 1 aromatic carbocycles. The van der Waals surface area contributed by atoms with E-state index in [0.29, 0.717) is 0 Å². The molecule has 1 atom stereocenters. The molecule has 0 aliphatic rings. The summed E-state index contributed by atoms with van der Waals surface area (Å²) in [4.78, 5) is -0.703. The van der Waals surface area contributed by atoms with Crippen molar-refractivity contribution in [1.29, 1.82) is 0 Å². The molecule has 7 N–H and O–H groups in total. The molecule has 0 saturated heterocycles. The average Bonchev–Trinajstić information content (AvgIpc) is 2.28. The fourth-order valence-corrected chi connectivity index (χ4v) is 3.89. The molecule has 0 saturated carbocycles. The number of benzene rings is 1. The van der Waals surface area contributed by atoms with E-state index < -0.39 is 37.1 Å². The van der Waals surface area contributed by atoms with E-state index in [-0.39, 0.29) is 16.0 Å². The summed E-state index contributed by atoms with van der Waals surface area (Å²) >= 11 is 0. The summed E-state index contributed by atoms with van der Waals surface area (Å²) in [7, 11) is -8.52. The molecular formula is C10H16N2O8S2. The molecule has 0 heterocycles. The second-order valence-corrected chi connectivity index (χ2v) is 7.85. The minimum Gasteiger partial charge on any atom is -0.370 e. The van der Waals surface area contributed by atoms with Gasteiger partial charge in [0, 0.05) is 0 Å². The molecule has 0 radical (unpaired) electrons. The zero-order chi connectivity index (χ0) is 17.5. The van der Waals surface area contributed by atoms with Gasteiger partial charge >= 0.3 is 5.97 Å². The Bertz CT molecular complexity index is 780. The van der Waals surface area contributed by atoms with Crippen LogP contribution in [0, 0.1) is 13.8 Å². The van der Waals surface area contributed by atoms with E-state index in [1.54, 1.807) is 0 Å². The van der Waals surface area contributed by atoms with Crippen LogP contribution in [-0.2, 0) is 20.0 Å². The number of hydrogen-bond acceptors (Lipinski definition) is 8. The molecule has 0 fully saturated rings. The van der Waals surface area contributed by atoms with E-state index in [1.165, 1.54) is 18.6 Å². The first kappa shape index (κ1) is 18.9. The van der Waals surface area contributed by atoms with Gasteiger partial charge in [0.15, 0.2) is 0 Å². The van der Waals surface area contributed by atoms with Crippen LogP contribution in [0.3, 0.4) is 0 Å². The molecular weight excluding hydrogens is 340 g/mol. The Morgan fingerprint density at radius 2 is 1.45 bits per heavy atom. The number of aliphatic hydroxyl groups is 4. The lowest BCUT2D eigenvalue weighted by molar-refractivity contribution is -0.356. The first-order chi connectivity index (χ1) is 9.66. The quantitative estimate of drug-likeness (QED) is 0.305. The van der Waals surface area contributed by atoms with Gasteiger partial charge in [-0.15, -0.1) is 0 Å². The Morgan fingerprint density at radius 3 is 1.86 bits per heavy atom. The SMILES string of the molecule is Cc1cc(S(=O)(=O)NC(O)C(O)(O)O)c(C)cc1S(N)(=O)=O. The molecule has 0 aromatic heterocycles. The largest absolute Gasteiger partial charge is 0.370 e. The highest BCUT2D eigenvalue weighted by atomic mass is 32.2. The lowest BCUT2D eigenvalue weighted by atomic mass is 10.2. The first-order valence-electron chi connectivity index (χ1n) is 5.68. The monoisotopic (exact) mass is 356 g/mol. The highest BCUT2D eigenvalue weighted by molar-refractivity contribution is 7.90. The summed E-state index contributed by atoms with van der Waals surface area (Å²) in [5.41, 5.74) is 0.0139. The van der Waals surface area contributed by atoms with Crippen LogP contribution >= 0.6 is 0 Å². The molecule has 22 heavy (non-hydrogen) atoms. The van der Waals surface area contributed by atoms with Crippen LogP contribution < -0.4 is 9.86 Å². The van der Waals surface area contributed by atoms with Gasteiger partial charge in [0.2, 0.25) is 26.3 Å². The third kappa shape index (κ3) is 4.21. The summed E-state index contributed by atoms with van der Waals surface area (Å²) in [6.07, 6.45) is -2.62. The molecule has 0 bridgehead atoms. The molecule has 0 aliphatic heterocycles. The van der Waals surface area contributed by atoms with Crippen molar-refractivity contribution in [2.24, 2.45) is 5.14 Å². The number of sulfonamides is 2. The van der Waals surface area contributed by atoms with Gasteiger partial charge < -0.3 is 20.4 Å². The third-order valence-corrected chi connectivity index (χ3v) is 5.31. The minimum atomic E-state index is -4.47. The Morgan fingerprint density at radius 1 is 1.05 bits per heavy atom. The van der Waals surface area contributed by atoms with Crippen LogP contribution in [0.2, 0.25) is 0 Å². The minimum absolute atomic E-state index is 0.0197. The summed E-state index contributed by atoms with van der Waals surface area (Å²) < 4.78 is 48.2. The zero-order valence-corrected chi connectivity index (χ0v) is 13.2. The van der Waals surface area contributed by atoms with Crippen LogP contribution in [0.15, 0.2) is 21.9 Å². The molecule has 1 unspecified atom stereocenters. The fraction of sp³-hybridized carbons (Fsp3) is 0.400. The molecule has 1 aromatic rings. The van der Waals surface area contributed by atoms with Gasteiger partial charge in [-0.3, -0.25) is 0 Å². The van der Waals surface area contributed by atoms with E-state index in [0.717, 1.165) is 12.1 Å². The van der Waals surface area contributed by atoms with E-state index in [2.05, 4.69) is 0 Å². The van der Waals surface area contributed by atoms with Crippen molar-refractivity contribution in [3.63, 3.8) is 0 Å². The summed E-state index contributed by atoms with van der Waals surface area (Å²) in [6, 6.07) is 2.01. The van der Waals surface area contributed by atoms with Crippen LogP contribution in [-0.4, -0.2) is 49.5 Å². The predicted molar refractivity (Wildman–Crippen MR) is 73.0 cm³/mol. The lowest BCUT2D eigenvalue weighted by Gasteiger charge is -2.22. The van der Waals surface area contributed by atoms with Gasteiger partial charge in [-0.2, -0.15) is 4.72 Å². The maximum atomic E-state index is 12.0. The number of aliphatic hydroxyl groups excluding tert-OH is 1. The van der Waals surface area contributed by atoms with Crippen LogP contribution in [0.1, 0.15) is 11.1 Å². The molecule has 0 aliphatic carbocycles. The van der Waals surface area contributed by atoms with E-state index >= 15 is 0 Å². The second-order valence-electron chi connectivity index (χ2n) is 4.64. The average molecular weight is 356 g/mol. The van der Waals surface area contributed by atoms with Gasteiger partial charge in [-0.05, 0) is 37.1 Å². The van der Waals surface area contributed by atoms with E-state index in [1.807, 2.05) is 0 Å². The van der Waals surface area contributed by atoms with Crippen molar-refractivity contribution in [3.05, 3.63) is 23.3 Å². The fourth-order valence-electron chi connectivity index (χ4n) is 1.65. The smallest absolute Gasteiger partial charge is 0.318 e. The first-order valence-corrected chi connectivity index (χ1v) is 8.71. The van der Waals surface area contributed by atoms with Crippen molar-refractivity contribution in [3.8, 4) is 0 Å². The summed E-state index contributed by atoms with van der Waals surface area (Å²) in [5.74, 6) is -3.68. The maximum absolute atomic E-state index is 12.0. The zero-order valence-electron chi connectivity index (χ0n) is 11.5. The molecule has 0 spiro atoms. The topological polar surface area (TPSA) is 187 Å². The predicted octanol–water partition coefficient (Wildman–Crippen LogP) is -2.82. The van der Waals surface area contributed by atoms with Crippen molar-refractivity contribution in [1.82, 2.24) is 4.72 Å². The molecule has 1 rings (SSSR count). The van der Waals surface area contributed by atoms with Gasteiger partial charge in [0.25, 0.3) is 0 Å². The number of aryl methyl sites for hydroxylation is 2. The summed E-state index contributed by atoms with van der Waals surface area (Å²) in [6.45, 7) is 2.59. The number of hydrogen-bond donors (Lipinski definition) is 6. The Balaban J connectivity index is 3.37. The van der Waals surface area contributed by atoms with E-state index in [4.69, 9.17) is 20.5 Å². The highest BCUT2D eigenvalue weighted by Crippen LogP contribution is 2.23. The summed E-state index contributed by atoms with van der Waals surface area (Å²) in [5, 5.41) is 40.3. The number of primary sulfonamides is 1. The normalized spacial score (nSPS) is 14.9. The molecule has 12 heteroatoms. The molecule has 10 nitrogen and oxygen atoms in total. The van der Waals surface area contributed by atoms with Gasteiger partial charge in [0.1, 0.15) is 0 Å². The van der Waals surface area contributed by atoms with Crippen molar-refractivity contribution in [2.75, 3.05) is 0 Å². The van der Waals surface area contributed by atoms with Crippen LogP contribution in [0.4, 0.5) is 0 Å². The van der Waals surface area contributed by atoms with Crippen molar-refractivity contribution >= 4 is 20.0 Å². The number of rotatable bonds is 5. The standard InChI is InChI=1S/C10H16N2O8S2/c1-5-4-8(6(2)3-7(5)21(11,17)18)22(19,20)12-9(13)10(14,15)16/h3-4,9,12-16H,1-2H3,(H2,11,17,18). The van der Waals surface area contributed by atoms with Crippen LogP contribution in [0.25, 0.3) is 0 Å².